The smallest absolute Gasteiger partial charge is 0.165 e. The third-order valence-corrected chi connectivity index (χ3v) is 6.17. The molecule has 174 valence electrons. The van der Waals surface area contributed by atoms with Gasteiger partial charge in [-0.05, 0) is 57.8 Å². The molecule has 0 aliphatic carbocycles. The summed E-state index contributed by atoms with van der Waals surface area (Å²) in [7, 11) is 4.11. The minimum Gasteiger partial charge on any atom is -0.357 e. The number of nitrogens with one attached hydrogen (secondary N) is 1. The van der Waals surface area contributed by atoms with Crippen LogP contribution in [0.5, 0.6) is 0 Å². The monoisotopic (exact) mass is 438 g/mol. The van der Waals surface area contributed by atoms with Crippen molar-refractivity contribution in [2.24, 2.45) is 0 Å². The Balaban J connectivity index is 1.89. The van der Waals surface area contributed by atoms with Crippen molar-refractivity contribution in [2.75, 3.05) is 33.8 Å². The lowest BCUT2D eigenvalue weighted by atomic mass is 9.88. The van der Waals surface area contributed by atoms with E-state index >= 15 is 0 Å². The number of rotatable bonds is 11. The number of hydrogen-bond donors (Lipinski definition) is 1. The van der Waals surface area contributed by atoms with Gasteiger partial charge in [-0.2, -0.15) is 5.10 Å². The van der Waals surface area contributed by atoms with Gasteiger partial charge in [0.15, 0.2) is 5.78 Å². The second-order valence-electron chi connectivity index (χ2n) is 8.87. The van der Waals surface area contributed by atoms with Gasteiger partial charge < -0.3 is 15.0 Å². The summed E-state index contributed by atoms with van der Waals surface area (Å²) in [6.07, 6.45) is 6.20. The van der Waals surface area contributed by atoms with Gasteiger partial charge in [0.05, 0.1) is 5.69 Å². The van der Waals surface area contributed by atoms with Gasteiger partial charge in [-0.25, -0.2) is 4.68 Å². The van der Waals surface area contributed by atoms with Gasteiger partial charge in [0.25, 0.3) is 0 Å². The summed E-state index contributed by atoms with van der Waals surface area (Å²) >= 11 is 0. The van der Waals surface area contributed by atoms with Crippen molar-refractivity contribution in [2.45, 2.75) is 58.2 Å². The van der Waals surface area contributed by atoms with Gasteiger partial charge >= 0.3 is 0 Å². The molecular formula is C26H38N4O2. The molecule has 1 aliphatic rings. The molecule has 0 amide bonds. The molecule has 1 aromatic heterocycles. The summed E-state index contributed by atoms with van der Waals surface area (Å²) in [5, 5.41) is 8.17. The number of likely N-dealkylation sites (N-methyl/N-ethyl adjacent to an activating group) is 2. The fraction of sp³-hybridized carbons (Fsp3) is 0.538. The second-order valence-corrected chi connectivity index (χ2v) is 8.87. The van der Waals surface area contributed by atoms with Crippen LogP contribution in [0.2, 0.25) is 0 Å². The molecule has 2 atom stereocenters. The lowest BCUT2D eigenvalue weighted by Crippen LogP contribution is -2.27. The van der Waals surface area contributed by atoms with Gasteiger partial charge in [-0.1, -0.05) is 37.8 Å². The van der Waals surface area contributed by atoms with Crippen LogP contribution < -0.4 is 5.32 Å². The Morgan fingerprint density at radius 3 is 2.69 bits per heavy atom. The average Bonchev–Trinajstić information content (AvgIpc) is 3.22. The number of ether oxygens (including phenoxy) is 1. The van der Waals surface area contributed by atoms with E-state index in [1.807, 2.05) is 18.7 Å². The molecule has 6 nitrogen and oxygen atoms in total. The summed E-state index contributed by atoms with van der Waals surface area (Å²) in [6, 6.07) is 8.31. The fourth-order valence-corrected chi connectivity index (χ4v) is 4.28. The van der Waals surface area contributed by atoms with Gasteiger partial charge in [0, 0.05) is 49.5 Å². The quantitative estimate of drug-likeness (QED) is 0.522. The fourth-order valence-electron chi connectivity index (χ4n) is 4.28. The van der Waals surface area contributed by atoms with Crippen molar-refractivity contribution >= 4 is 5.78 Å². The van der Waals surface area contributed by atoms with E-state index in [-0.39, 0.29) is 17.9 Å². The summed E-state index contributed by atoms with van der Waals surface area (Å²) in [4.78, 5) is 14.8. The maximum atomic E-state index is 12.5. The zero-order valence-electron chi connectivity index (χ0n) is 20.1. The minimum atomic E-state index is -0.137. The number of ketones is 1. The molecular weight excluding hydrogens is 400 g/mol. The van der Waals surface area contributed by atoms with Gasteiger partial charge in [0.2, 0.25) is 0 Å². The Bertz CT molecular complexity index is 897. The maximum Gasteiger partial charge on any atom is 0.165 e. The van der Waals surface area contributed by atoms with E-state index in [1.165, 1.54) is 12.0 Å². The van der Waals surface area contributed by atoms with Gasteiger partial charge in [-0.3, -0.25) is 4.79 Å². The molecule has 1 N–H and O–H groups in total. The van der Waals surface area contributed by atoms with Crippen LogP contribution in [0.3, 0.4) is 0 Å². The van der Waals surface area contributed by atoms with Crippen molar-refractivity contribution in [3.8, 4) is 11.3 Å². The van der Waals surface area contributed by atoms with Crippen LogP contribution in [0.15, 0.2) is 42.6 Å². The van der Waals surface area contributed by atoms with Gasteiger partial charge in [-0.15, -0.1) is 0 Å². The molecule has 2 aromatic rings. The summed E-state index contributed by atoms with van der Waals surface area (Å²) in [6.45, 7) is 11.2. The highest BCUT2D eigenvalue weighted by Gasteiger charge is 2.22. The predicted molar refractivity (Wildman–Crippen MR) is 130 cm³/mol. The lowest BCUT2D eigenvalue weighted by Gasteiger charge is -2.22. The Morgan fingerprint density at radius 2 is 2.09 bits per heavy atom. The summed E-state index contributed by atoms with van der Waals surface area (Å²) in [5.41, 5.74) is 4.89. The van der Waals surface area contributed by atoms with Crippen LogP contribution in [0, 0.1) is 0 Å². The van der Waals surface area contributed by atoms with E-state index in [9.17, 15) is 4.79 Å². The third-order valence-electron chi connectivity index (χ3n) is 6.17. The number of nitrogens with zero attached hydrogens (tertiary/aromatic N) is 3. The first-order chi connectivity index (χ1) is 15.4. The highest BCUT2D eigenvalue weighted by atomic mass is 16.5. The molecule has 0 bridgehead atoms. The SMILES string of the molecule is C=C(C)C(=O)C(CC)c1ccc(-c2nn(C3CCCCO3)cc2CN(C)CCNC)cc1. The van der Waals surface area contributed by atoms with Crippen LogP contribution in [0.1, 0.15) is 62.8 Å². The van der Waals surface area contributed by atoms with E-state index in [0.717, 1.165) is 62.3 Å². The first-order valence-corrected chi connectivity index (χ1v) is 11.8. The van der Waals surface area contributed by atoms with Crippen molar-refractivity contribution in [3.05, 3.63) is 53.7 Å². The van der Waals surface area contributed by atoms with Crippen molar-refractivity contribution in [3.63, 3.8) is 0 Å². The molecule has 0 radical (unpaired) electrons. The number of carbonyl (C=O) groups excluding carboxylic acids is 1. The van der Waals surface area contributed by atoms with E-state index < -0.39 is 0 Å². The van der Waals surface area contributed by atoms with Crippen LogP contribution in [0.4, 0.5) is 0 Å². The van der Waals surface area contributed by atoms with E-state index in [2.05, 4.69) is 54.3 Å². The first-order valence-electron chi connectivity index (χ1n) is 11.8. The standard InChI is InChI=1S/C26H38N4O2/c1-6-23(26(31)19(2)3)20-10-12-21(13-11-20)25-22(17-29(5)15-14-27-4)18-30(28-25)24-9-7-8-16-32-24/h10-13,18,23-24,27H,2,6-9,14-17H2,1,3-5H3. The number of Topliss-reactive ketones (excluding diaryl/α,β-unsaturated/α-hetero) is 1. The zero-order chi connectivity index (χ0) is 23.1. The number of aromatic nitrogens is 2. The topological polar surface area (TPSA) is 59.4 Å². The first kappa shape index (κ1) is 24.4. The zero-order valence-corrected chi connectivity index (χ0v) is 20.1. The Morgan fingerprint density at radius 1 is 1.34 bits per heavy atom. The van der Waals surface area contributed by atoms with E-state index in [1.54, 1.807) is 6.92 Å². The van der Waals surface area contributed by atoms with Gasteiger partial charge in [0.1, 0.15) is 6.23 Å². The van der Waals surface area contributed by atoms with Crippen molar-refractivity contribution in [1.29, 1.82) is 0 Å². The maximum absolute atomic E-state index is 12.5. The highest BCUT2D eigenvalue weighted by molar-refractivity contribution is 5.99. The number of benzene rings is 1. The van der Waals surface area contributed by atoms with Crippen LogP contribution in [0.25, 0.3) is 11.3 Å². The highest BCUT2D eigenvalue weighted by Crippen LogP contribution is 2.30. The number of hydrogen-bond acceptors (Lipinski definition) is 5. The molecule has 0 spiro atoms. The van der Waals surface area contributed by atoms with Crippen LogP contribution in [-0.2, 0) is 16.1 Å². The molecule has 1 aliphatic heterocycles. The lowest BCUT2D eigenvalue weighted by molar-refractivity contribution is -0.116. The normalized spacial score (nSPS) is 17.5. The molecule has 3 rings (SSSR count). The van der Waals surface area contributed by atoms with Crippen LogP contribution >= 0.6 is 0 Å². The summed E-state index contributed by atoms with van der Waals surface area (Å²) in [5.74, 6) is -0.0206. The largest absolute Gasteiger partial charge is 0.357 e. The molecule has 32 heavy (non-hydrogen) atoms. The number of carbonyl (C=O) groups is 1. The molecule has 2 heterocycles. The molecule has 1 aromatic carbocycles. The second kappa shape index (κ2) is 11.5. The molecule has 0 saturated carbocycles. The molecule has 1 fully saturated rings. The Labute approximate surface area is 192 Å². The molecule has 1 saturated heterocycles. The van der Waals surface area contributed by atoms with E-state index in [0.29, 0.717) is 5.57 Å². The van der Waals surface area contributed by atoms with Crippen LogP contribution in [-0.4, -0.2) is 54.3 Å². The number of allylic oxidation sites excluding steroid dienone is 1. The van der Waals surface area contributed by atoms with Crippen molar-refractivity contribution in [1.82, 2.24) is 20.0 Å². The third kappa shape index (κ3) is 5.94. The molecule has 2 unspecified atom stereocenters. The minimum absolute atomic E-state index is 0.01000. The Kier molecular flexibility index (Phi) is 8.79. The predicted octanol–water partition coefficient (Wildman–Crippen LogP) is 4.54. The molecule has 6 heteroatoms. The Hall–Kier alpha value is -2.28. The van der Waals surface area contributed by atoms with E-state index in [4.69, 9.17) is 9.84 Å². The van der Waals surface area contributed by atoms with Crippen molar-refractivity contribution < 1.29 is 9.53 Å². The summed E-state index contributed by atoms with van der Waals surface area (Å²) < 4.78 is 7.99. The average molecular weight is 439 g/mol.